The van der Waals surface area contributed by atoms with Gasteiger partial charge in [-0.15, -0.1) is 0 Å². The number of nitrogen functional groups attached to an aromatic ring is 1. The number of aromatic nitrogens is 2. The van der Waals surface area contributed by atoms with Crippen LogP contribution in [0.5, 0.6) is 0 Å². The average molecular weight is 316 g/mol. The third kappa shape index (κ3) is 2.02. The molecule has 0 saturated carbocycles. The van der Waals surface area contributed by atoms with Crippen LogP contribution < -0.4 is 5.73 Å². The van der Waals surface area contributed by atoms with Gasteiger partial charge in [-0.1, -0.05) is 28.1 Å². The van der Waals surface area contributed by atoms with Crippen LogP contribution in [0.1, 0.15) is 11.1 Å². The van der Waals surface area contributed by atoms with E-state index in [-0.39, 0.29) is 0 Å². The second-order valence-corrected chi connectivity index (χ2v) is 5.64. The molecule has 0 unspecified atom stereocenters. The largest absolute Gasteiger partial charge is 0.369 e. The van der Waals surface area contributed by atoms with Crippen molar-refractivity contribution in [2.75, 3.05) is 5.73 Å². The molecule has 0 saturated heterocycles. The summed E-state index contributed by atoms with van der Waals surface area (Å²) in [6, 6.07) is 12.4. The first-order valence-electron chi connectivity index (χ1n) is 6.07. The van der Waals surface area contributed by atoms with E-state index in [0.717, 1.165) is 21.2 Å². The van der Waals surface area contributed by atoms with E-state index in [4.69, 9.17) is 5.73 Å². The van der Waals surface area contributed by atoms with E-state index in [1.807, 2.05) is 22.8 Å². The maximum absolute atomic E-state index is 6.09. The Morgan fingerprint density at radius 3 is 2.68 bits per heavy atom. The van der Waals surface area contributed by atoms with Crippen molar-refractivity contribution in [1.82, 2.24) is 9.55 Å². The van der Waals surface area contributed by atoms with Crippen molar-refractivity contribution < 1.29 is 0 Å². The highest BCUT2D eigenvalue weighted by atomic mass is 79.9. The SMILES string of the molecule is Cc1ccc(C)c(-n2c(N)nc3cc(Br)ccc32)c1. The van der Waals surface area contributed by atoms with Crippen LogP contribution in [0.25, 0.3) is 16.7 Å². The fourth-order valence-corrected chi connectivity index (χ4v) is 2.63. The van der Waals surface area contributed by atoms with Gasteiger partial charge in [0.2, 0.25) is 5.95 Å². The summed E-state index contributed by atoms with van der Waals surface area (Å²) in [5.41, 5.74) is 11.5. The lowest BCUT2D eigenvalue weighted by atomic mass is 10.1. The second-order valence-electron chi connectivity index (χ2n) is 4.73. The summed E-state index contributed by atoms with van der Waals surface area (Å²) in [4.78, 5) is 4.43. The number of imidazole rings is 1. The van der Waals surface area contributed by atoms with Crippen LogP contribution in [-0.2, 0) is 0 Å². The van der Waals surface area contributed by atoms with Gasteiger partial charge in [-0.25, -0.2) is 4.98 Å². The highest BCUT2D eigenvalue weighted by Crippen LogP contribution is 2.27. The second kappa shape index (κ2) is 4.38. The number of anilines is 1. The molecule has 0 fully saturated rings. The molecule has 3 rings (SSSR count). The Morgan fingerprint density at radius 2 is 1.89 bits per heavy atom. The summed E-state index contributed by atoms with van der Waals surface area (Å²) >= 11 is 3.46. The molecule has 3 aromatic rings. The predicted octanol–water partition coefficient (Wildman–Crippen LogP) is 3.99. The number of rotatable bonds is 1. The maximum atomic E-state index is 6.09. The van der Waals surface area contributed by atoms with Gasteiger partial charge in [0.1, 0.15) is 0 Å². The molecule has 2 aromatic carbocycles. The van der Waals surface area contributed by atoms with Crippen molar-refractivity contribution in [3.63, 3.8) is 0 Å². The zero-order valence-corrected chi connectivity index (χ0v) is 12.4. The van der Waals surface area contributed by atoms with Crippen LogP contribution in [0.2, 0.25) is 0 Å². The van der Waals surface area contributed by atoms with Gasteiger partial charge in [0, 0.05) is 4.47 Å². The molecule has 4 heteroatoms. The van der Waals surface area contributed by atoms with Gasteiger partial charge in [0.05, 0.1) is 16.7 Å². The normalized spacial score (nSPS) is 11.1. The molecule has 3 nitrogen and oxygen atoms in total. The number of hydrogen-bond donors (Lipinski definition) is 1. The highest BCUT2D eigenvalue weighted by Gasteiger charge is 2.12. The zero-order valence-electron chi connectivity index (χ0n) is 10.8. The summed E-state index contributed by atoms with van der Waals surface area (Å²) in [6.07, 6.45) is 0. The summed E-state index contributed by atoms with van der Waals surface area (Å²) in [7, 11) is 0. The van der Waals surface area contributed by atoms with Gasteiger partial charge in [-0.05, 0) is 49.2 Å². The van der Waals surface area contributed by atoms with E-state index in [1.54, 1.807) is 0 Å². The van der Waals surface area contributed by atoms with E-state index >= 15 is 0 Å². The first-order chi connectivity index (χ1) is 9.06. The van der Waals surface area contributed by atoms with Crippen LogP contribution in [0.4, 0.5) is 5.95 Å². The summed E-state index contributed by atoms with van der Waals surface area (Å²) in [5.74, 6) is 0.516. The fourth-order valence-electron chi connectivity index (χ4n) is 2.29. The molecule has 0 aliphatic rings. The van der Waals surface area contributed by atoms with Gasteiger partial charge < -0.3 is 5.73 Å². The minimum Gasteiger partial charge on any atom is -0.369 e. The number of benzene rings is 2. The van der Waals surface area contributed by atoms with E-state index in [9.17, 15) is 0 Å². The molecule has 0 aliphatic carbocycles. The minimum atomic E-state index is 0.516. The fraction of sp³-hybridized carbons (Fsp3) is 0.133. The van der Waals surface area contributed by atoms with E-state index in [1.165, 1.54) is 11.1 Å². The Balaban J connectivity index is 2.36. The van der Waals surface area contributed by atoms with Crippen LogP contribution in [0.3, 0.4) is 0 Å². The molecule has 1 aromatic heterocycles. The summed E-state index contributed by atoms with van der Waals surface area (Å²) < 4.78 is 3.01. The quantitative estimate of drug-likeness (QED) is 0.738. The van der Waals surface area contributed by atoms with Crippen molar-refractivity contribution in [1.29, 1.82) is 0 Å². The molecule has 0 spiro atoms. The highest BCUT2D eigenvalue weighted by molar-refractivity contribution is 9.10. The Labute approximate surface area is 120 Å². The van der Waals surface area contributed by atoms with Gasteiger partial charge in [-0.3, -0.25) is 4.57 Å². The van der Waals surface area contributed by atoms with E-state index < -0.39 is 0 Å². The average Bonchev–Trinajstić information content (AvgIpc) is 2.67. The monoisotopic (exact) mass is 315 g/mol. The molecule has 0 aliphatic heterocycles. The van der Waals surface area contributed by atoms with E-state index in [0.29, 0.717) is 5.95 Å². The lowest BCUT2D eigenvalue weighted by molar-refractivity contribution is 1.08. The molecule has 0 atom stereocenters. The molecule has 0 radical (unpaired) electrons. The number of hydrogen-bond acceptors (Lipinski definition) is 2. The van der Waals surface area contributed by atoms with Crippen LogP contribution in [-0.4, -0.2) is 9.55 Å². The van der Waals surface area contributed by atoms with Crippen LogP contribution >= 0.6 is 15.9 Å². The number of nitrogens with two attached hydrogens (primary N) is 1. The standard InChI is InChI=1S/C15H14BrN3/c1-9-3-4-10(2)14(7-9)19-13-6-5-11(16)8-12(13)18-15(19)17/h3-8H,1-2H3,(H2,17,18). The van der Waals surface area contributed by atoms with Gasteiger partial charge in [0.25, 0.3) is 0 Å². The molecular formula is C15H14BrN3. The number of nitrogens with zero attached hydrogens (tertiary/aromatic N) is 2. The third-order valence-electron chi connectivity index (χ3n) is 3.25. The topological polar surface area (TPSA) is 43.8 Å². The van der Waals surface area contributed by atoms with Gasteiger partial charge in [0.15, 0.2) is 0 Å². The Bertz CT molecular complexity index is 774. The molecular weight excluding hydrogens is 302 g/mol. The number of aryl methyl sites for hydroxylation is 2. The first kappa shape index (κ1) is 12.2. The number of fused-ring (bicyclic) bond motifs is 1. The lowest BCUT2D eigenvalue weighted by Gasteiger charge is -2.11. The van der Waals surface area contributed by atoms with Crippen LogP contribution in [0, 0.1) is 13.8 Å². The van der Waals surface area contributed by atoms with Crippen LogP contribution in [0.15, 0.2) is 40.9 Å². The molecule has 19 heavy (non-hydrogen) atoms. The number of halogens is 1. The molecule has 96 valence electrons. The molecule has 1 heterocycles. The van der Waals surface area contributed by atoms with Crippen molar-refractivity contribution >= 4 is 32.9 Å². The smallest absolute Gasteiger partial charge is 0.205 e. The van der Waals surface area contributed by atoms with Gasteiger partial charge in [-0.2, -0.15) is 0 Å². The summed E-state index contributed by atoms with van der Waals surface area (Å²) in [5, 5.41) is 0. The first-order valence-corrected chi connectivity index (χ1v) is 6.86. The zero-order chi connectivity index (χ0) is 13.6. The third-order valence-corrected chi connectivity index (χ3v) is 3.74. The molecule has 0 amide bonds. The lowest BCUT2D eigenvalue weighted by Crippen LogP contribution is -2.02. The molecule has 2 N–H and O–H groups in total. The van der Waals surface area contributed by atoms with Crippen molar-refractivity contribution in [3.8, 4) is 5.69 Å². The summed E-state index contributed by atoms with van der Waals surface area (Å²) in [6.45, 7) is 4.16. The van der Waals surface area contributed by atoms with Crippen molar-refractivity contribution in [2.24, 2.45) is 0 Å². The minimum absolute atomic E-state index is 0.516. The van der Waals surface area contributed by atoms with Gasteiger partial charge >= 0.3 is 0 Å². The van der Waals surface area contributed by atoms with Crippen molar-refractivity contribution in [2.45, 2.75) is 13.8 Å². The maximum Gasteiger partial charge on any atom is 0.205 e. The Morgan fingerprint density at radius 1 is 1.11 bits per heavy atom. The Kier molecular flexibility index (Phi) is 2.82. The Hall–Kier alpha value is -1.81. The van der Waals surface area contributed by atoms with Crippen molar-refractivity contribution in [3.05, 3.63) is 52.0 Å². The van der Waals surface area contributed by atoms with E-state index in [2.05, 4.69) is 53.0 Å². The predicted molar refractivity (Wildman–Crippen MR) is 82.7 cm³/mol. The molecule has 0 bridgehead atoms.